The molecule has 1 saturated heterocycles. The summed E-state index contributed by atoms with van der Waals surface area (Å²) in [4.78, 5) is 12.9. The molecule has 8 heteroatoms. The number of alkyl halides is 3. The van der Waals surface area contributed by atoms with Crippen molar-refractivity contribution in [2.45, 2.75) is 18.5 Å². The molecule has 1 unspecified atom stereocenters. The first-order chi connectivity index (χ1) is 12.2. The number of carboxylic acids is 1. The summed E-state index contributed by atoms with van der Waals surface area (Å²) >= 11 is 5.75. The van der Waals surface area contributed by atoms with Gasteiger partial charge >= 0.3 is 12.1 Å². The van der Waals surface area contributed by atoms with Gasteiger partial charge in [-0.3, -0.25) is 0 Å². The summed E-state index contributed by atoms with van der Waals surface area (Å²) < 4.78 is 52.8. The van der Waals surface area contributed by atoms with Crippen molar-refractivity contribution in [3.05, 3.63) is 63.9 Å². The van der Waals surface area contributed by atoms with Crippen LogP contribution in [0.1, 0.15) is 33.8 Å². The lowest BCUT2D eigenvalue weighted by Gasteiger charge is -2.20. The molecule has 2 aromatic carbocycles. The van der Waals surface area contributed by atoms with E-state index in [1.165, 1.54) is 30.3 Å². The highest BCUT2D eigenvalue weighted by Crippen LogP contribution is 2.38. The summed E-state index contributed by atoms with van der Waals surface area (Å²) in [5, 5.41) is 8.64. The second-order valence-corrected chi connectivity index (χ2v) is 6.51. The molecule has 1 atom stereocenters. The lowest BCUT2D eigenvalue weighted by atomic mass is 9.96. The molecule has 0 saturated carbocycles. The number of hydrogen-bond donors (Lipinski definition) is 1. The minimum atomic E-state index is -4.52. The Balaban J connectivity index is 1.83. The Bertz CT molecular complexity index is 854. The van der Waals surface area contributed by atoms with Gasteiger partial charge in [0.15, 0.2) is 0 Å². The average Bonchev–Trinajstić information content (AvgIpc) is 3.03. The number of nitrogens with zero attached hydrogens (tertiary/aromatic N) is 1. The monoisotopic (exact) mass is 387 g/mol. The Morgan fingerprint density at radius 2 is 1.96 bits per heavy atom. The van der Waals surface area contributed by atoms with E-state index in [4.69, 9.17) is 16.7 Å². The van der Waals surface area contributed by atoms with Crippen molar-refractivity contribution in [1.29, 1.82) is 0 Å². The summed E-state index contributed by atoms with van der Waals surface area (Å²) in [6.45, 7) is 0.866. The number of carboxylic acid groups (broad SMARTS) is 1. The average molecular weight is 388 g/mol. The van der Waals surface area contributed by atoms with E-state index in [9.17, 15) is 22.4 Å². The van der Waals surface area contributed by atoms with Crippen LogP contribution < -0.4 is 4.90 Å². The zero-order valence-electron chi connectivity index (χ0n) is 13.4. The van der Waals surface area contributed by atoms with Crippen molar-refractivity contribution in [2.24, 2.45) is 0 Å². The van der Waals surface area contributed by atoms with Crippen LogP contribution in [-0.2, 0) is 6.18 Å². The van der Waals surface area contributed by atoms with E-state index < -0.39 is 34.1 Å². The molecule has 0 aliphatic carbocycles. The number of anilines is 1. The van der Waals surface area contributed by atoms with Gasteiger partial charge in [-0.1, -0.05) is 23.7 Å². The highest BCUT2D eigenvalue weighted by Gasteiger charge is 2.34. The van der Waals surface area contributed by atoms with E-state index in [-0.39, 0.29) is 5.92 Å². The van der Waals surface area contributed by atoms with Crippen LogP contribution in [0.2, 0.25) is 5.02 Å². The maximum atomic E-state index is 14.4. The zero-order valence-corrected chi connectivity index (χ0v) is 14.1. The van der Waals surface area contributed by atoms with Gasteiger partial charge in [0.2, 0.25) is 0 Å². The lowest BCUT2D eigenvalue weighted by Crippen LogP contribution is -2.20. The Labute approximate surface area is 151 Å². The van der Waals surface area contributed by atoms with E-state index in [1.807, 2.05) is 4.90 Å². The number of benzene rings is 2. The summed E-state index contributed by atoms with van der Waals surface area (Å²) in [5.41, 5.74) is -0.483. The minimum Gasteiger partial charge on any atom is -0.478 e. The first-order valence-corrected chi connectivity index (χ1v) is 8.19. The summed E-state index contributed by atoms with van der Waals surface area (Å²) in [6, 6.07) is 7.73. The second-order valence-electron chi connectivity index (χ2n) is 6.11. The molecule has 0 aromatic heterocycles. The first kappa shape index (κ1) is 18.5. The quantitative estimate of drug-likeness (QED) is 0.737. The number of halogens is 5. The molecule has 3 nitrogen and oxygen atoms in total. The molecule has 1 fully saturated rings. The third kappa shape index (κ3) is 3.49. The third-order valence-corrected chi connectivity index (χ3v) is 4.82. The first-order valence-electron chi connectivity index (χ1n) is 7.82. The van der Waals surface area contributed by atoms with Gasteiger partial charge in [0.25, 0.3) is 0 Å². The van der Waals surface area contributed by atoms with Crippen LogP contribution in [0, 0.1) is 5.82 Å². The standard InChI is InChI=1S/C18H14ClF4NO2/c19-15-8-11(4-5-14(15)18(21,22)23)24-7-6-10(9-24)12-2-1-3-13(16(12)20)17(25)26/h1-5,8,10H,6-7,9H2,(H,25,26). The molecule has 1 aliphatic heterocycles. The van der Waals surface area contributed by atoms with Gasteiger partial charge in [0.1, 0.15) is 5.82 Å². The van der Waals surface area contributed by atoms with Gasteiger partial charge in [-0.2, -0.15) is 13.2 Å². The molecule has 138 valence electrons. The predicted octanol–water partition coefficient (Wildman–Crippen LogP) is 5.19. The molecule has 0 bridgehead atoms. The van der Waals surface area contributed by atoms with Crippen molar-refractivity contribution in [3.63, 3.8) is 0 Å². The molecule has 2 aromatic rings. The largest absolute Gasteiger partial charge is 0.478 e. The number of rotatable bonds is 3. The van der Waals surface area contributed by atoms with Gasteiger partial charge in [-0.25, -0.2) is 9.18 Å². The zero-order chi connectivity index (χ0) is 19.1. The molecule has 0 amide bonds. The highest BCUT2D eigenvalue weighted by molar-refractivity contribution is 6.31. The predicted molar refractivity (Wildman–Crippen MR) is 89.4 cm³/mol. The molecule has 1 N–H and O–H groups in total. The molecule has 3 rings (SSSR count). The summed E-state index contributed by atoms with van der Waals surface area (Å²) in [7, 11) is 0. The number of aromatic carboxylic acids is 1. The highest BCUT2D eigenvalue weighted by atomic mass is 35.5. The Hall–Kier alpha value is -2.28. The Morgan fingerprint density at radius 3 is 2.58 bits per heavy atom. The fourth-order valence-electron chi connectivity index (χ4n) is 3.21. The number of hydrogen-bond acceptors (Lipinski definition) is 2. The van der Waals surface area contributed by atoms with Gasteiger partial charge in [0.05, 0.1) is 16.1 Å². The van der Waals surface area contributed by atoms with Crippen molar-refractivity contribution in [2.75, 3.05) is 18.0 Å². The van der Waals surface area contributed by atoms with E-state index in [0.29, 0.717) is 30.8 Å². The van der Waals surface area contributed by atoms with Gasteiger partial charge < -0.3 is 10.0 Å². The van der Waals surface area contributed by atoms with E-state index in [1.54, 1.807) is 0 Å². The third-order valence-electron chi connectivity index (χ3n) is 4.51. The van der Waals surface area contributed by atoms with E-state index in [2.05, 4.69) is 0 Å². The molecular weight excluding hydrogens is 374 g/mol. The van der Waals surface area contributed by atoms with Gasteiger partial charge in [0, 0.05) is 24.7 Å². The molecule has 26 heavy (non-hydrogen) atoms. The van der Waals surface area contributed by atoms with Crippen LogP contribution in [0.15, 0.2) is 36.4 Å². The SMILES string of the molecule is O=C(O)c1cccc(C2CCN(c3ccc(C(F)(F)F)c(Cl)c3)C2)c1F. The van der Waals surface area contributed by atoms with Crippen molar-refractivity contribution < 1.29 is 27.5 Å². The van der Waals surface area contributed by atoms with Crippen LogP contribution in [-0.4, -0.2) is 24.2 Å². The topological polar surface area (TPSA) is 40.5 Å². The van der Waals surface area contributed by atoms with E-state index >= 15 is 0 Å². The van der Waals surface area contributed by atoms with Gasteiger partial charge in [-0.15, -0.1) is 0 Å². The van der Waals surface area contributed by atoms with Crippen molar-refractivity contribution >= 4 is 23.3 Å². The summed E-state index contributed by atoms with van der Waals surface area (Å²) in [6.07, 6.45) is -3.97. The molecule has 1 heterocycles. The van der Waals surface area contributed by atoms with Crippen LogP contribution in [0.25, 0.3) is 0 Å². The fourth-order valence-corrected chi connectivity index (χ4v) is 3.49. The molecular formula is C18H14ClF4NO2. The maximum absolute atomic E-state index is 14.4. The molecule has 1 aliphatic rings. The second kappa shape index (κ2) is 6.79. The molecule has 0 spiro atoms. The summed E-state index contributed by atoms with van der Waals surface area (Å²) in [5.74, 6) is -2.36. The Kier molecular flexibility index (Phi) is 4.84. The van der Waals surface area contributed by atoms with Crippen LogP contribution in [0.3, 0.4) is 0 Å². The van der Waals surface area contributed by atoms with E-state index in [0.717, 1.165) is 6.07 Å². The van der Waals surface area contributed by atoms with Crippen LogP contribution >= 0.6 is 11.6 Å². The fraction of sp³-hybridized carbons (Fsp3) is 0.278. The Morgan fingerprint density at radius 1 is 1.23 bits per heavy atom. The maximum Gasteiger partial charge on any atom is 0.417 e. The number of carbonyl (C=O) groups is 1. The molecule has 0 radical (unpaired) electrons. The van der Waals surface area contributed by atoms with Crippen molar-refractivity contribution in [3.8, 4) is 0 Å². The van der Waals surface area contributed by atoms with Crippen LogP contribution in [0.5, 0.6) is 0 Å². The smallest absolute Gasteiger partial charge is 0.417 e. The van der Waals surface area contributed by atoms with Crippen LogP contribution in [0.4, 0.5) is 23.2 Å². The lowest BCUT2D eigenvalue weighted by molar-refractivity contribution is -0.137. The minimum absolute atomic E-state index is 0.254. The van der Waals surface area contributed by atoms with Gasteiger partial charge in [-0.05, 0) is 36.2 Å². The van der Waals surface area contributed by atoms with Crippen molar-refractivity contribution in [1.82, 2.24) is 0 Å². The normalized spacial score (nSPS) is 17.6.